The molecule has 0 atom stereocenters. The Kier molecular flexibility index (Phi) is 7.86. The van der Waals surface area contributed by atoms with Crippen LogP contribution in [0.5, 0.6) is 0 Å². The lowest BCUT2D eigenvalue weighted by atomic mass is 10.2. The highest BCUT2D eigenvalue weighted by atomic mass is 79.9. The van der Waals surface area contributed by atoms with Crippen molar-refractivity contribution >= 4 is 27.5 Å². The molecule has 1 aromatic carbocycles. The molecule has 0 heterocycles. The molecule has 1 N–H and O–H groups in total. The van der Waals surface area contributed by atoms with Crippen molar-refractivity contribution in [2.24, 2.45) is 0 Å². The van der Waals surface area contributed by atoms with E-state index in [-0.39, 0.29) is 0 Å². The quantitative estimate of drug-likeness (QED) is 0.739. The number of nitrogens with one attached hydrogen (secondary N) is 1. The maximum Gasteiger partial charge on any atom is 0.0587 e. The van der Waals surface area contributed by atoms with Gasteiger partial charge in [-0.3, -0.25) is 0 Å². The van der Waals surface area contributed by atoms with E-state index in [1.807, 2.05) is 12.1 Å². The van der Waals surface area contributed by atoms with Crippen LogP contribution in [0.2, 0.25) is 5.02 Å². The largest absolute Gasteiger partial charge is 0.383 e. The average molecular weight is 336 g/mol. The number of hydrogen-bond acceptors (Lipinski definition) is 3. The van der Waals surface area contributed by atoms with E-state index in [1.54, 1.807) is 7.11 Å². The average Bonchev–Trinajstić information content (AvgIpc) is 2.34. The normalized spacial score (nSPS) is 11.2. The summed E-state index contributed by atoms with van der Waals surface area (Å²) >= 11 is 9.46. The first-order valence-corrected chi connectivity index (χ1v) is 7.12. The smallest absolute Gasteiger partial charge is 0.0587 e. The summed E-state index contributed by atoms with van der Waals surface area (Å²) in [5.74, 6) is 0. The first kappa shape index (κ1) is 15.9. The lowest BCUT2D eigenvalue weighted by Gasteiger charge is -2.17. The lowest BCUT2D eigenvalue weighted by Crippen LogP contribution is -2.30. The molecular weight excluding hydrogens is 316 g/mol. The van der Waals surface area contributed by atoms with Crippen molar-refractivity contribution in [3.63, 3.8) is 0 Å². The van der Waals surface area contributed by atoms with Gasteiger partial charge >= 0.3 is 0 Å². The second-order valence-electron chi connectivity index (χ2n) is 4.23. The molecule has 0 saturated carbocycles. The zero-order valence-corrected chi connectivity index (χ0v) is 13.2. The summed E-state index contributed by atoms with van der Waals surface area (Å²) in [4.78, 5) is 2.26. The van der Waals surface area contributed by atoms with E-state index in [9.17, 15) is 0 Å². The van der Waals surface area contributed by atoms with E-state index in [2.05, 4.69) is 39.3 Å². The van der Waals surface area contributed by atoms with Crippen LogP contribution in [0, 0.1) is 0 Å². The molecule has 5 heteroatoms. The lowest BCUT2D eigenvalue weighted by molar-refractivity contribution is 0.197. The molecule has 0 radical (unpaired) electrons. The van der Waals surface area contributed by atoms with E-state index in [0.29, 0.717) is 0 Å². The maximum atomic E-state index is 6.07. The number of methoxy groups -OCH3 is 1. The van der Waals surface area contributed by atoms with Gasteiger partial charge in [0, 0.05) is 37.8 Å². The van der Waals surface area contributed by atoms with Gasteiger partial charge < -0.3 is 15.0 Å². The van der Waals surface area contributed by atoms with Crippen molar-refractivity contribution in [1.29, 1.82) is 0 Å². The first-order valence-electron chi connectivity index (χ1n) is 5.95. The molecule has 1 rings (SSSR count). The van der Waals surface area contributed by atoms with Crippen LogP contribution in [0.25, 0.3) is 0 Å². The Hall–Kier alpha value is -0.130. The SMILES string of the molecule is COCCNCCN(C)Cc1ccc(Br)c(Cl)c1. The summed E-state index contributed by atoms with van der Waals surface area (Å²) < 4.78 is 5.92. The molecular formula is C13H20BrClN2O. The van der Waals surface area contributed by atoms with Crippen molar-refractivity contribution < 1.29 is 4.74 Å². The van der Waals surface area contributed by atoms with E-state index in [0.717, 1.165) is 42.3 Å². The van der Waals surface area contributed by atoms with Crippen LogP contribution in [0.4, 0.5) is 0 Å². The molecule has 18 heavy (non-hydrogen) atoms. The number of benzene rings is 1. The minimum atomic E-state index is 0.756. The van der Waals surface area contributed by atoms with Crippen molar-refractivity contribution in [2.75, 3.05) is 40.4 Å². The molecule has 0 unspecified atom stereocenters. The number of ether oxygens (including phenoxy) is 1. The summed E-state index contributed by atoms with van der Waals surface area (Å²) in [6, 6.07) is 6.08. The molecule has 1 aromatic rings. The van der Waals surface area contributed by atoms with Crippen molar-refractivity contribution in [3.8, 4) is 0 Å². The number of hydrogen-bond donors (Lipinski definition) is 1. The second kappa shape index (κ2) is 8.88. The third-order valence-corrected chi connectivity index (χ3v) is 3.82. The van der Waals surface area contributed by atoms with Gasteiger partial charge in [-0.25, -0.2) is 0 Å². The fraction of sp³-hybridized carbons (Fsp3) is 0.538. The van der Waals surface area contributed by atoms with Gasteiger partial charge in [0.1, 0.15) is 0 Å². The van der Waals surface area contributed by atoms with E-state index in [4.69, 9.17) is 16.3 Å². The van der Waals surface area contributed by atoms with Crippen LogP contribution in [-0.4, -0.2) is 45.3 Å². The van der Waals surface area contributed by atoms with Crippen molar-refractivity contribution in [1.82, 2.24) is 10.2 Å². The summed E-state index contributed by atoms with van der Waals surface area (Å²) in [6.45, 7) is 4.51. The van der Waals surface area contributed by atoms with Crippen LogP contribution in [-0.2, 0) is 11.3 Å². The van der Waals surface area contributed by atoms with Gasteiger partial charge in [-0.2, -0.15) is 0 Å². The van der Waals surface area contributed by atoms with E-state index < -0.39 is 0 Å². The number of nitrogens with zero attached hydrogens (tertiary/aromatic N) is 1. The predicted molar refractivity (Wildman–Crippen MR) is 80.2 cm³/mol. The zero-order chi connectivity index (χ0) is 13.4. The Bertz CT molecular complexity index is 363. The van der Waals surface area contributed by atoms with Crippen LogP contribution < -0.4 is 5.32 Å². The highest BCUT2D eigenvalue weighted by Crippen LogP contribution is 2.23. The van der Waals surface area contributed by atoms with Gasteiger partial charge in [0.2, 0.25) is 0 Å². The van der Waals surface area contributed by atoms with Gasteiger partial charge in [0.25, 0.3) is 0 Å². The fourth-order valence-electron chi connectivity index (χ4n) is 1.60. The van der Waals surface area contributed by atoms with Gasteiger partial charge in [0.05, 0.1) is 11.6 Å². The third kappa shape index (κ3) is 6.16. The van der Waals surface area contributed by atoms with Crippen molar-refractivity contribution in [3.05, 3.63) is 33.3 Å². The van der Waals surface area contributed by atoms with Gasteiger partial charge in [-0.1, -0.05) is 17.7 Å². The zero-order valence-electron chi connectivity index (χ0n) is 10.9. The molecule has 0 fully saturated rings. The summed E-state index contributed by atoms with van der Waals surface area (Å²) in [5.41, 5.74) is 1.22. The second-order valence-corrected chi connectivity index (χ2v) is 5.49. The van der Waals surface area contributed by atoms with Crippen molar-refractivity contribution in [2.45, 2.75) is 6.54 Å². The number of halogens is 2. The van der Waals surface area contributed by atoms with Gasteiger partial charge in [-0.15, -0.1) is 0 Å². The highest BCUT2D eigenvalue weighted by Gasteiger charge is 2.02. The minimum Gasteiger partial charge on any atom is -0.383 e. The van der Waals surface area contributed by atoms with Crippen LogP contribution in [0.1, 0.15) is 5.56 Å². The van der Waals surface area contributed by atoms with Gasteiger partial charge in [0.15, 0.2) is 0 Å². The fourth-order valence-corrected chi connectivity index (χ4v) is 2.05. The standard InChI is InChI=1S/C13H20BrClN2O/c1-17(7-5-16-6-8-18-2)10-11-3-4-12(14)13(15)9-11/h3-4,9,16H,5-8,10H2,1-2H3. The molecule has 0 saturated heterocycles. The summed E-state index contributed by atoms with van der Waals surface area (Å²) in [6.07, 6.45) is 0. The van der Waals surface area contributed by atoms with Crippen LogP contribution >= 0.6 is 27.5 Å². The molecule has 0 spiro atoms. The molecule has 0 amide bonds. The molecule has 0 aliphatic heterocycles. The molecule has 0 bridgehead atoms. The topological polar surface area (TPSA) is 24.5 Å². The third-order valence-electron chi connectivity index (χ3n) is 2.59. The van der Waals surface area contributed by atoms with E-state index in [1.165, 1.54) is 5.56 Å². The summed E-state index contributed by atoms with van der Waals surface area (Å²) in [7, 11) is 3.82. The first-order chi connectivity index (χ1) is 8.63. The van der Waals surface area contributed by atoms with Crippen LogP contribution in [0.3, 0.4) is 0 Å². The maximum absolute atomic E-state index is 6.07. The monoisotopic (exact) mass is 334 g/mol. The Morgan fingerprint density at radius 3 is 2.83 bits per heavy atom. The minimum absolute atomic E-state index is 0.756. The van der Waals surface area contributed by atoms with Crippen LogP contribution in [0.15, 0.2) is 22.7 Å². The molecule has 0 aromatic heterocycles. The molecule has 0 aliphatic carbocycles. The molecule has 3 nitrogen and oxygen atoms in total. The predicted octanol–water partition coefficient (Wildman–Crippen LogP) is 2.77. The Labute approximate surface area is 123 Å². The van der Waals surface area contributed by atoms with E-state index >= 15 is 0 Å². The Balaban J connectivity index is 2.26. The Morgan fingerprint density at radius 2 is 2.17 bits per heavy atom. The highest BCUT2D eigenvalue weighted by molar-refractivity contribution is 9.10. The number of likely N-dealkylation sites (N-methyl/N-ethyl adjacent to an activating group) is 1. The van der Waals surface area contributed by atoms with Gasteiger partial charge in [-0.05, 0) is 40.7 Å². The number of rotatable bonds is 8. The Morgan fingerprint density at radius 1 is 1.39 bits per heavy atom. The molecule has 0 aliphatic rings. The summed E-state index contributed by atoms with van der Waals surface area (Å²) in [5, 5.41) is 4.09. The molecule has 102 valence electrons.